The second-order valence-electron chi connectivity index (χ2n) is 12.9. The number of ether oxygens (including phenoxy) is 2. The summed E-state index contributed by atoms with van der Waals surface area (Å²) in [4.78, 5) is 45.7. The molecule has 0 spiro atoms. The molecular formula is C36H39ClN4O5. The van der Waals surface area contributed by atoms with Crippen LogP contribution in [0.1, 0.15) is 68.9 Å². The van der Waals surface area contributed by atoms with E-state index in [4.69, 9.17) is 26.1 Å². The topological polar surface area (TPSA) is 103 Å². The summed E-state index contributed by atoms with van der Waals surface area (Å²) >= 11 is 6.46. The third kappa shape index (κ3) is 6.60. The van der Waals surface area contributed by atoms with Crippen LogP contribution in [0.25, 0.3) is 22.0 Å². The van der Waals surface area contributed by atoms with Gasteiger partial charge < -0.3 is 19.7 Å². The van der Waals surface area contributed by atoms with E-state index in [9.17, 15) is 14.4 Å². The second-order valence-corrected chi connectivity index (χ2v) is 13.3. The van der Waals surface area contributed by atoms with Crippen LogP contribution in [0.15, 0.2) is 71.5 Å². The molecule has 1 aromatic heterocycles. The van der Waals surface area contributed by atoms with E-state index >= 15 is 0 Å². The van der Waals surface area contributed by atoms with Gasteiger partial charge >= 0.3 is 12.2 Å². The molecule has 0 radical (unpaired) electrons. The molecule has 1 N–H and O–H groups in total. The van der Waals surface area contributed by atoms with E-state index in [1.54, 1.807) is 27.7 Å². The van der Waals surface area contributed by atoms with Crippen LogP contribution in [-0.4, -0.2) is 58.5 Å². The Labute approximate surface area is 273 Å². The third-order valence-corrected chi connectivity index (χ3v) is 8.94. The number of hydrogen-bond donors (Lipinski definition) is 1. The van der Waals surface area contributed by atoms with E-state index in [1.165, 1.54) is 11.1 Å². The van der Waals surface area contributed by atoms with Gasteiger partial charge in [0.05, 0.1) is 15.9 Å². The minimum absolute atomic E-state index is 0.0112. The third-order valence-electron chi connectivity index (χ3n) is 8.62. The van der Waals surface area contributed by atoms with Crippen molar-refractivity contribution in [3.63, 3.8) is 0 Å². The van der Waals surface area contributed by atoms with Crippen LogP contribution < -0.4 is 10.9 Å². The van der Waals surface area contributed by atoms with Crippen molar-refractivity contribution in [3.05, 3.63) is 99.1 Å². The Hall–Kier alpha value is -4.37. The number of benzene rings is 3. The Morgan fingerprint density at radius 3 is 2.26 bits per heavy atom. The first-order valence-electron chi connectivity index (χ1n) is 15.9. The molecule has 10 heteroatoms. The van der Waals surface area contributed by atoms with Crippen LogP contribution in [-0.2, 0) is 15.9 Å². The predicted molar refractivity (Wildman–Crippen MR) is 178 cm³/mol. The van der Waals surface area contributed by atoms with Gasteiger partial charge in [-0.2, -0.15) is 0 Å². The number of carbonyl (C=O) groups is 2. The lowest BCUT2D eigenvalue weighted by molar-refractivity contribution is 0.0186. The summed E-state index contributed by atoms with van der Waals surface area (Å²) in [7, 11) is 0. The summed E-state index contributed by atoms with van der Waals surface area (Å²) in [6.07, 6.45) is 1.36. The first-order chi connectivity index (χ1) is 22.1. The van der Waals surface area contributed by atoms with Gasteiger partial charge in [-0.15, -0.1) is 0 Å². The van der Waals surface area contributed by atoms with Crippen molar-refractivity contribution in [1.82, 2.24) is 19.8 Å². The number of piperidine rings is 1. The maximum Gasteiger partial charge on any atom is 0.410 e. The van der Waals surface area contributed by atoms with Gasteiger partial charge in [0, 0.05) is 38.0 Å². The van der Waals surface area contributed by atoms with E-state index in [0.29, 0.717) is 67.1 Å². The highest BCUT2D eigenvalue weighted by Crippen LogP contribution is 2.44. The van der Waals surface area contributed by atoms with Crippen LogP contribution in [0.5, 0.6) is 0 Å². The number of amides is 2. The minimum atomic E-state index is -0.579. The summed E-state index contributed by atoms with van der Waals surface area (Å²) < 4.78 is 13.0. The van der Waals surface area contributed by atoms with E-state index in [-0.39, 0.29) is 30.2 Å². The van der Waals surface area contributed by atoms with E-state index in [1.807, 2.05) is 45.0 Å². The number of hydrogen-bond acceptors (Lipinski definition) is 6. The van der Waals surface area contributed by atoms with Crippen LogP contribution in [0.3, 0.4) is 0 Å². The lowest BCUT2D eigenvalue weighted by Crippen LogP contribution is -2.44. The molecule has 9 nitrogen and oxygen atoms in total. The zero-order valence-electron chi connectivity index (χ0n) is 26.4. The van der Waals surface area contributed by atoms with Gasteiger partial charge in [-0.1, -0.05) is 66.2 Å². The van der Waals surface area contributed by atoms with E-state index < -0.39 is 11.7 Å². The normalized spacial score (nSPS) is 15.0. The molecule has 1 aliphatic carbocycles. The first kappa shape index (κ1) is 31.6. The molecule has 1 fully saturated rings. The number of alkyl carbamates (subject to hydrolysis) is 1. The predicted octanol–water partition coefficient (Wildman–Crippen LogP) is 7.09. The molecule has 6 rings (SSSR count). The molecule has 3 aromatic carbocycles. The molecule has 240 valence electrons. The highest BCUT2D eigenvalue weighted by atomic mass is 35.5. The number of nitrogens with one attached hydrogen (secondary N) is 1. The molecule has 0 unspecified atom stereocenters. The lowest BCUT2D eigenvalue weighted by Gasteiger charge is -2.34. The molecule has 0 atom stereocenters. The number of aryl methyl sites for hydroxylation is 1. The zero-order chi connectivity index (χ0) is 32.4. The number of rotatable bonds is 7. The summed E-state index contributed by atoms with van der Waals surface area (Å²) in [5.41, 5.74) is 4.45. The van der Waals surface area contributed by atoms with Crippen molar-refractivity contribution in [2.75, 3.05) is 26.2 Å². The number of halogens is 1. The SMILES string of the molecule is CC(C)(C)OC(=O)N1CCC(n2c(CCCNC(=O)OCC3c4ccccc4-c4ccccc43)nc3cccc(Cl)c3c2=O)CC1. The van der Waals surface area contributed by atoms with Gasteiger partial charge in [-0.25, -0.2) is 14.6 Å². The lowest BCUT2D eigenvalue weighted by atomic mass is 9.98. The monoisotopic (exact) mass is 642 g/mol. The van der Waals surface area contributed by atoms with Gasteiger partial charge in [0.25, 0.3) is 5.56 Å². The highest BCUT2D eigenvalue weighted by Gasteiger charge is 2.31. The average Bonchev–Trinajstić information content (AvgIpc) is 3.35. The molecule has 46 heavy (non-hydrogen) atoms. The molecule has 2 amide bonds. The standard InChI is InChI=1S/C36H39ClN4O5/c1-36(2,3)46-35(44)40-20-17-23(18-21-40)41-31(39-30-15-8-14-29(37)32(30)33(41)42)16-9-19-38-34(43)45-22-28-26-12-6-4-10-24(26)25-11-5-7-13-27(25)28/h4-8,10-15,23,28H,9,16-22H2,1-3H3,(H,38,43). The van der Waals surface area contributed by atoms with Crippen molar-refractivity contribution in [2.45, 2.75) is 64.0 Å². The smallest absolute Gasteiger partial charge is 0.410 e. The number of nitrogens with zero attached hydrogens (tertiary/aromatic N) is 3. The Bertz CT molecular complexity index is 1780. The average molecular weight is 643 g/mol. The molecule has 0 bridgehead atoms. The molecule has 4 aromatic rings. The van der Waals surface area contributed by atoms with E-state index in [2.05, 4.69) is 29.6 Å². The number of fused-ring (bicyclic) bond motifs is 4. The molecular weight excluding hydrogens is 604 g/mol. The van der Waals surface area contributed by atoms with Crippen LogP contribution >= 0.6 is 11.6 Å². The summed E-state index contributed by atoms with van der Waals surface area (Å²) in [5, 5.41) is 3.61. The Morgan fingerprint density at radius 1 is 0.957 bits per heavy atom. The van der Waals surface area contributed by atoms with E-state index in [0.717, 1.165) is 11.1 Å². The number of likely N-dealkylation sites (tertiary alicyclic amines) is 1. The fourth-order valence-corrected chi connectivity index (χ4v) is 6.77. The zero-order valence-corrected chi connectivity index (χ0v) is 27.2. The van der Waals surface area contributed by atoms with Crippen molar-refractivity contribution in [1.29, 1.82) is 0 Å². The Morgan fingerprint density at radius 2 is 1.61 bits per heavy atom. The molecule has 1 saturated heterocycles. The summed E-state index contributed by atoms with van der Waals surface area (Å²) in [6.45, 7) is 7.07. The van der Waals surface area contributed by atoms with Gasteiger partial charge in [0.15, 0.2) is 0 Å². The fraction of sp³-hybridized carbons (Fsp3) is 0.389. The molecule has 0 saturated carbocycles. The van der Waals surface area contributed by atoms with Gasteiger partial charge in [0.1, 0.15) is 18.0 Å². The molecule has 2 aliphatic rings. The summed E-state index contributed by atoms with van der Waals surface area (Å²) in [5.74, 6) is 0.618. The second kappa shape index (κ2) is 13.2. The largest absolute Gasteiger partial charge is 0.449 e. The Balaban J connectivity index is 1.10. The minimum Gasteiger partial charge on any atom is -0.449 e. The van der Waals surface area contributed by atoms with Crippen molar-refractivity contribution in [3.8, 4) is 11.1 Å². The first-order valence-corrected chi connectivity index (χ1v) is 16.2. The van der Waals surface area contributed by atoms with Crippen molar-refractivity contribution >= 4 is 34.7 Å². The van der Waals surface area contributed by atoms with Gasteiger partial charge in [0.2, 0.25) is 0 Å². The van der Waals surface area contributed by atoms with Gasteiger partial charge in [-0.3, -0.25) is 9.36 Å². The maximum atomic E-state index is 13.8. The highest BCUT2D eigenvalue weighted by molar-refractivity contribution is 6.35. The van der Waals surface area contributed by atoms with Crippen molar-refractivity contribution < 1.29 is 19.1 Å². The number of carbonyl (C=O) groups excluding carboxylic acids is 2. The molecule has 1 aliphatic heterocycles. The van der Waals surface area contributed by atoms with Crippen LogP contribution in [0, 0.1) is 0 Å². The van der Waals surface area contributed by atoms with Crippen LogP contribution in [0.2, 0.25) is 5.02 Å². The maximum absolute atomic E-state index is 13.8. The number of aromatic nitrogens is 2. The fourth-order valence-electron chi connectivity index (χ4n) is 6.52. The van der Waals surface area contributed by atoms with Gasteiger partial charge in [-0.05, 0) is 74.4 Å². The quantitative estimate of drug-likeness (QED) is 0.216. The summed E-state index contributed by atoms with van der Waals surface area (Å²) in [6, 6.07) is 21.6. The van der Waals surface area contributed by atoms with Crippen LogP contribution in [0.4, 0.5) is 9.59 Å². The molecule has 2 heterocycles. The van der Waals surface area contributed by atoms with Crippen molar-refractivity contribution in [2.24, 2.45) is 0 Å². The Kier molecular flexibility index (Phi) is 9.04.